The number of hydrogen-bond donors (Lipinski definition) is 2. The lowest BCUT2D eigenvalue weighted by Gasteiger charge is -2.34. The van der Waals surface area contributed by atoms with Crippen LogP contribution in [0.2, 0.25) is 0 Å². The fourth-order valence-corrected chi connectivity index (χ4v) is 3.16. The summed E-state index contributed by atoms with van der Waals surface area (Å²) in [4.78, 5) is 27.0. The molecule has 21 heavy (non-hydrogen) atoms. The number of hydrogen-bond acceptors (Lipinski definition) is 3. The second-order valence-electron chi connectivity index (χ2n) is 4.77. The summed E-state index contributed by atoms with van der Waals surface area (Å²) in [5, 5.41) is 5.73. The number of para-hydroxylation sites is 1. The lowest BCUT2D eigenvalue weighted by Crippen LogP contribution is -2.57. The second-order valence-corrected chi connectivity index (χ2v) is 6.07. The molecular weight excluding hydrogens is 286 g/mol. The number of urea groups is 1. The lowest BCUT2D eigenvalue weighted by molar-refractivity contribution is -0.127. The van der Waals surface area contributed by atoms with Gasteiger partial charge < -0.3 is 15.5 Å². The summed E-state index contributed by atoms with van der Waals surface area (Å²) < 4.78 is 0. The Balaban J connectivity index is 2.12. The molecule has 2 N–H and O–H groups in total. The number of benzene rings is 1. The maximum Gasteiger partial charge on any atom is 0.322 e. The Morgan fingerprint density at radius 1 is 1.43 bits per heavy atom. The molecule has 0 aromatic heterocycles. The normalized spacial score (nSPS) is 18.3. The molecule has 1 aromatic rings. The van der Waals surface area contributed by atoms with Gasteiger partial charge in [0.1, 0.15) is 6.04 Å². The molecule has 1 aromatic carbocycles. The first-order chi connectivity index (χ1) is 10.2. The molecule has 0 radical (unpaired) electrons. The van der Waals surface area contributed by atoms with Crippen LogP contribution in [0, 0.1) is 0 Å². The van der Waals surface area contributed by atoms with Crippen molar-refractivity contribution in [2.24, 2.45) is 0 Å². The minimum Gasteiger partial charge on any atom is -0.353 e. The van der Waals surface area contributed by atoms with Crippen LogP contribution in [0.25, 0.3) is 0 Å². The summed E-state index contributed by atoms with van der Waals surface area (Å²) in [6.07, 6.45) is 0.616. The van der Waals surface area contributed by atoms with Crippen LogP contribution in [0.5, 0.6) is 0 Å². The fraction of sp³-hybridized carbons (Fsp3) is 0.467. The average molecular weight is 307 g/mol. The van der Waals surface area contributed by atoms with Crippen molar-refractivity contribution >= 4 is 29.4 Å². The van der Waals surface area contributed by atoms with E-state index in [-0.39, 0.29) is 18.0 Å². The first kappa shape index (κ1) is 15.7. The molecule has 0 saturated carbocycles. The van der Waals surface area contributed by atoms with Gasteiger partial charge in [-0.25, -0.2) is 4.79 Å². The number of carbonyl (C=O) groups excluding carboxylic acids is 2. The fourth-order valence-electron chi connectivity index (χ4n) is 2.40. The van der Waals surface area contributed by atoms with Crippen molar-refractivity contribution in [3.05, 3.63) is 24.3 Å². The summed E-state index contributed by atoms with van der Waals surface area (Å²) in [6, 6.07) is 7.14. The van der Waals surface area contributed by atoms with Crippen molar-refractivity contribution in [1.82, 2.24) is 10.2 Å². The van der Waals surface area contributed by atoms with Crippen LogP contribution < -0.4 is 10.6 Å². The van der Waals surface area contributed by atoms with Gasteiger partial charge in [0.2, 0.25) is 5.91 Å². The minimum atomic E-state index is -0.384. The number of nitrogens with zero attached hydrogens (tertiary/aromatic N) is 1. The molecule has 1 saturated heterocycles. The first-order valence-corrected chi connectivity index (χ1v) is 8.23. The van der Waals surface area contributed by atoms with E-state index in [1.165, 1.54) is 0 Å². The van der Waals surface area contributed by atoms with Crippen LogP contribution >= 0.6 is 11.8 Å². The van der Waals surface area contributed by atoms with Crippen molar-refractivity contribution < 1.29 is 9.59 Å². The predicted molar refractivity (Wildman–Crippen MR) is 85.7 cm³/mol. The van der Waals surface area contributed by atoms with E-state index < -0.39 is 0 Å². The molecule has 3 amide bonds. The Morgan fingerprint density at radius 2 is 2.19 bits per heavy atom. The van der Waals surface area contributed by atoms with Gasteiger partial charge in [0.05, 0.1) is 5.69 Å². The zero-order valence-corrected chi connectivity index (χ0v) is 13.2. The molecule has 1 unspecified atom stereocenters. The van der Waals surface area contributed by atoms with Crippen LogP contribution in [-0.4, -0.2) is 41.7 Å². The van der Waals surface area contributed by atoms with Gasteiger partial charge in [-0.05, 0) is 24.3 Å². The van der Waals surface area contributed by atoms with E-state index in [0.29, 0.717) is 19.5 Å². The number of thioether (sulfide) groups is 1. The molecule has 0 bridgehead atoms. The molecule has 114 valence electrons. The number of amides is 3. The summed E-state index contributed by atoms with van der Waals surface area (Å²) in [5.41, 5.74) is 0.801. The van der Waals surface area contributed by atoms with Crippen LogP contribution in [0.1, 0.15) is 20.3 Å². The average Bonchev–Trinajstić information content (AvgIpc) is 2.49. The molecule has 1 fully saturated rings. The highest BCUT2D eigenvalue weighted by molar-refractivity contribution is 7.99. The minimum absolute atomic E-state index is 0.0740. The predicted octanol–water partition coefficient (Wildman–Crippen LogP) is 2.54. The van der Waals surface area contributed by atoms with Gasteiger partial charge in [-0.2, -0.15) is 0 Å². The lowest BCUT2D eigenvalue weighted by atomic mass is 10.1. The molecule has 0 aliphatic carbocycles. The topological polar surface area (TPSA) is 61.4 Å². The van der Waals surface area contributed by atoms with Crippen LogP contribution in [0.15, 0.2) is 29.2 Å². The summed E-state index contributed by atoms with van der Waals surface area (Å²) in [6.45, 7) is 5.04. The summed E-state index contributed by atoms with van der Waals surface area (Å²) in [7, 11) is 0. The Morgan fingerprint density at radius 3 is 2.90 bits per heavy atom. The molecule has 2 rings (SSSR count). The Hall–Kier alpha value is -1.69. The molecule has 0 spiro atoms. The van der Waals surface area contributed by atoms with Gasteiger partial charge in [-0.15, -0.1) is 11.8 Å². The quantitative estimate of drug-likeness (QED) is 0.840. The van der Waals surface area contributed by atoms with Crippen molar-refractivity contribution in [2.45, 2.75) is 31.2 Å². The molecule has 1 aliphatic heterocycles. The van der Waals surface area contributed by atoms with Gasteiger partial charge in [0.15, 0.2) is 0 Å². The largest absolute Gasteiger partial charge is 0.353 e. The zero-order chi connectivity index (χ0) is 15.2. The summed E-state index contributed by atoms with van der Waals surface area (Å²) in [5.74, 6) is 0.867. The highest BCUT2D eigenvalue weighted by Gasteiger charge is 2.31. The second kappa shape index (κ2) is 7.36. The SMILES string of the molecule is CCSc1ccccc1NC(=O)N1CCNC(=O)C1CC. The van der Waals surface area contributed by atoms with E-state index in [0.717, 1.165) is 16.3 Å². The van der Waals surface area contributed by atoms with Gasteiger partial charge in [-0.3, -0.25) is 4.79 Å². The van der Waals surface area contributed by atoms with Gasteiger partial charge in [-0.1, -0.05) is 26.0 Å². The van der Waals surface area contributed by atoms with Crippen molar-refractivity contribution in [1.29, 1.82) is 0 Å². The molecule has 5 nitrogen and oxygen atoms in total. The molecule has 1 atom stereocenters. The highest BCUT2D eigenvalue weighted by atomic mass is 32.2. The number of nitrogens with one attached hydrogen (secondary N) is 2. The van der Waals surface area contributed by atoms with E-state index in [9.17, 15) is 9.59 Å². The van der Waals surface area contributed by atoms with E-state index in [2.05, 4.69) is 17.6 Å². The molecule has 1 aliphatic rings. The van der Waals surface area contributed by atoms with E-state index >= 15 is 0 Å². The van der Waals surface area contributed by atoms with Crippen molar-refractivity contribution in [3.63, 3.8) is 0 Å². The van der Waals surface area contributed by atoms with Gasteiger partial charge in [0, 0.05) is 18.0 Å². The third-order valence-electron chi connectivity index (χ3n) is 3.41. The van der Waals surface area contributed by atoms with Crippen LogP contribution in [0.3, 0.4) is 0 Å². The van der Waals surface area contributed by atoms with Gasteiger partial charge >= 0.3 is 6.03 Å². The first-order valence-electron chi connectivity index (χ1n) is 7.24. The van der Waals surface area contributed by atoms with E-state index in [1.54, 1.807) is 16.7 Å². The maximum atomic E-state index is 12.5. The van der Waals surface area contributed by atoms with Crippen molar-refractivity contribution in [3.8, 4) is 0 Å². The van der Waals surface area contributed by atoms with E-state index in [4.69, 9.17) is 0 Å². The Bertz CT molecular complexity index is 521. The molecular formula is C15H21N3O2S. The standard InChI is InChI=1S/C15H21N3O2S/c1-3-12-14(19)16-9-10-18(12)15(20)17-11-7-5-6-8-13(11)21-4-2/h5-8,12H,3-4,9-10H2,1-2H3,(H,16,19)(H,17,20). The molecule has 6 heteroatoms. The number of carbonyl (C=O) groups is 2. The zero-order valence-electron chi connectivity index (χ0n) is 12.4. The number of rotatable bonds is 4. The monoisotopic (exact) mass is 307 g/mol. The Kier molecular flexibility index (Phi) is 5.50. The highest BCUT2D eigenvalue weighted by Crippen LogP contribution is 2.27. The van der Waals surface area contributed by atoms with Crippen molar-refractivity contribution in [2.75, 3.05) is 24.2 Å². The van der Waals surface area contributed by atoms with E-state index in [1.807, 2.05) is 31.2 Å². The summed E-state index contributed by atoms with van der Waals surface area (Å²) >= 11 is 1.69. The third kappa shape index (κ3) is 3.69. The molecule has 1 heterocycles. The van der Waals surface area contributed by atoms with Gasteiger partial charge in [0.25, 0.3) is 0 Å². The third-order valence-corrected chi connectivity index (χ3v) is 4.36. The van der Waals surface area contributed by atoms with Crippen LogP contribution in [0.4, 0.5) is 10.5 Å². The number of piperazine rings is 1. The Labute approximate surface area is 129 Å². The number of anilines is 1. The van der Waals surface area contributed by atoms with Crippen LogP contribution in [-0.2, 0) is 4.79 Å². The smallest absolute Gasteiger partial charge is 0.322 e. The maximum absolute atomic E-state index is 12.5.